The molecule has 0 unspecified atom stereocenters. The summed E-state index contributed by atoms with van der Waals surface area (Å²) in [5.41, 5.74) is 1.14. The normalized spacial score (nSPS) is 10.7. The maximum absolute atomic E-state index is 10.9. The first-order valence-electron chi connectivity index (χ1n) is 4.09. The summed E-state index contributed by atoms with van der Waals surface area (Å²) in [5, 5.41) is 8.86. The first kappa shape index (κ1) is 9.79. The van der Waals surface area contributed by atoms with Crippen molar-refractivity contribution in [3.8, 4) is 0 Å². The zero-order valence-electron chi connectivity index (χ0n) is 7.41. The fourth-order valence-electron chi connectivity index (χ4n) is 1.34. The number of hydrogen-bond acceptors (Lipinski definition) is 3. The lowest BCUT2D eigenvalue weighted by molar-refractivity contribution is -0.136. The zero-order chi connectivity index (χ0) is 11.0. The molecule has 0 aliphatic heterocycles. The number of aliphatic carboxylic acids is 1. The number of carboxylic acids is 1. The van der Waals surface area contributed by atoms with Crippen molar-refractivity contribution < 1.29 is 14.3 Å². The van der Waals surface area contributed by atoms with Crippen LogP contribution in [0.15, 0.2) is 21.3 Å². The van der Waals surface area contributed by atoms with E-state index in [9.17, 15) is 9.59 Å². The van der Waals surface area contributed by atoms with Gasteiger partial charge in [-0.25, -0.2) is 4.79 Å². The van der Waals surface area contributed by atoms with Gasteiger partial charge < -0.3 is 9.52 Å². The van der Waals surface area contributed by atoms with Gasteiger partial charge in [0.15, 0.2) is 5.58 Å². The molecule has 0 saturated heterocycles. The lowest BCUT2D eigenvalue weighted by atomic mass is 10.1. The average Bonchev–Trinajstić information content (AvgIpc) is 2.44. The average molecular weight is 228 g/mol. The van der Waals surface area contributed by atoms with Crippen molar-refractivity contribution >= 4 is 28.7 Å². The third-order valence-electron chi connectivity index (χ3n) is 1.90. The number of hydrogen-bond donors (Lipinski definition) is 2. The maximum atomic E-state index is 10.9. The minimum atomic E-state index is -0.969. The first-order valence-corrected chi connectivity index (χ1v) is 4.47. The topological polar surface area (TPSA) is 83.3 Å². The quantitative estimate of drug-likeness (QED) is 0.812. The molecule has 2 N–H and O–H groups in total. The van der Waals surface area contributed by atoms with Gasteiger partial charge in [-0.2, -0.15) is 0 Å². The summed E-state index contributed by atoms with van der Waals surface area (Å²) in [6, 6.07) is 2.97. The van der Waals surface area contributed by atoms with Crippen molar-refractivity contribution in [3.63, 3.8) is 0 Å². The summed E-state index contributed by atoms with van der Waals surface area (Å²) in [6.45, 7) is 0. The lowest BCUT2D eigenvalue weighted by Gasteiger charge is -1.98. The molecule has 6 heteroatoms. The molecule has 5 nitrogen and oxygen atoms in total. The number of fused-ring (bicyclic) bond motifs is 1. The van der Waals surface area contributed by atoms with Crippen LogP contribution in [0.5, 0.6) is 0 Å². The van der Waals surface area contributed by atoms with E-state index in [0.29, 0.717) is 11.1 Å². The van der Waals surface area contributed by atoms with E-state index in [1.165, 1.54) is 12.1 Å². The second-order valence-corrected chi connectivity index (χ2v) is 3.44. The molecule has 2 rings (SSSR count). The Kier molecular flexibility index (Phi) is 2.24. The Morgan fingerprint density at radius 3 is 2.93 bits per heavy atom. The van der Waals surface area contributed by atoms with Crippen LogP contribution in [0.2, 0.25) is 5.02 Å². The lowest BCUT2D eigenvalue weighted by Crippen LogP contribution is -1.99. The first-order chi connectivity index (χ1) is 7.06. The molecule has 1 aromatic heterocycles. The van der Waals surface area contributed by atoms with Crippen LogP contribution in [0, 0.1) is 0 Å². The number of nitrogens with one attached hydrogen (secondary N) is 1. The third-order valence-corrected chi connectivity index (χ3v) is 2.20. The van der Waals surface area contributed by atoms with Gasteiger partial charge in [0.2, 0.25) is 0 Å². The SMILES string of the molecule is O=C(O)Cc1cc(Cl)c2[nH]c(=O)oc2c1. The molecule has 0 aliphatic rings. The van der Waals surface area contributed by atoms with Crippen LogP contribution in [0.4, 0.5) is 0 Å². The monoisotopic (exact) mass is 227 g/mol. The highest BCUT2D eigenvalue weighted by molar-refractivity contribution is 6.34. The zero-order valence-corrected chi connectivity index (χ0v) is 8.17. The number of halogens is 1. The highest BCUT2D eigenvalue weighted by Crippen LogP contribution is 2.22. The van der Waals surface area contributed by atoms with Crippen molar-refractivity contribution in [2.45, 2.75) is 6.42 Å². The molecule has 0 saturated carbocycles. The number of benzene rings is 1. The molecule has 0 radical (unpaired) electrons. The number of aromatic nitrogens is 1. The molecule has 15 heavy (non-hydrogen) atoms. The summed E-state index contributed by atoms with van der Waals surface area (Å²) < 4.78 is 4.78. The molecule has 0 spiro atoms. The van der Waals surface area contributed by atoms with Crippen molar-refractivity contribution in [3.05, 3.63) is 33.3 Å². The number of oxazole rings is 1. The van der Waals surface area contributed by atoms with Crippen LogP contribution < -0.4 is 5.76 Å². The van der Waals surface area contributed by atoms with E-state index in [-0.39, 0.29) is 17.0 Å². The number of carbonyl (C=O) groups is 1. The van der Waals surface area contributed by atoms with E-state index in [1.54, 1.807) is 0 Å². The highest BCUT2D eigenvalue weighted by atomic mass is 35.5. The van der Waals surface area contributed by atoms with Crippen LogP contribution in [-0.4, -0.2) is 16.1 Å². The molecule has 2 aromatic rings. The molecule has 0 amide bonds. The largest absolute Gasteiger partial charge is 0.481 e. The molecule has 0 bridgehead atoms. The maximum Gasteiger partial charge on any atom is 0.417 e. The van der Waals surface area contributed by atoms with Crippen LogP contribution >= 0.6 is 11.6 Å². The number of carboxylic acid groups (broad SMARTS) is 1. The fourth-order valence-corrected chi connectivity index (χ4v) is 1.62. The van der Waals surface area contributed by atoms with Crippen LogP contribution in [0.3, 0.4) is 0 Å². The van der Waals surface area contributed by atoms with Crippen molar-refractivity contribution in [2.24, 2.45) is 0 Å². The van der Waals surface area contributed by atoms with Crippen molar-refractivity contribution in [1.82, 2.24) is 4.98 Å². The summed E-state index contributed by atoms with van der Waals surface area (Å²) in [6.07, 6.45) is -0.162. The van der Waals surface area contributed by atoms with E-state index in [0.717, 1.165) is 0 Å². The summed E-state index contributed by atoms with van der Waals surface area (Å²) in [7, 11) is 0. The molecule has 1 heterocycles. The van der Waals surface area contributed by atoms with Gasteiger partial charge in [-0.3, -0.25) is 9.78 Å². The Labute approximate surface area is 88.3 Å². The van der Waals surface area contributed by atoms with Gasteiger partial charge in [-0.1, -0.05) is 11.6 Å². The number of H-pyrrole nitrogens is 1. The van der Waals surface area contributed by atoms with E-state index >= 15 is 0 Å². The van der Waals surface area contributed by atoms with Gasteiger partial charge in [-0.15, -0.1) is 0 Å². The second-order valence-electron chi connectivity index (χ2n) is 3.04. The Hall–Kier alpha value is -1.75. The van der Waals surface area contributed by atoms with Crippen LogP contribution in [0.1, 0.15) is 5.56 Å². The van der Waals surface area contributed by atoms with Gasteiger partial charge in [0.1, 0.15) is 5.52 Å². The van der Waals surface area contributed by atoms with E-state index in [1.807, 2.05) is 0 Å². The van der Waals surface area contributed by atoms with Crippen LogP contribution in [-0.2, 0) is 11.2 Å². The number of rotatable bonds is 2. The molecule has 78 valence electrons. The minimum absolute atomic E-state index is 0.162. The predicted molar refractivity (Wildman–Crippen MR) is 53.2 cm³/mol. The molecule has 0 fully saturated rings. The minimum Gasteiger partial charge on any atom is -0.481 e. The molecule has 0 atom stereocenters. The fraction of sp³-hybridized carbons (Fsp3) is 0.111. The van der Waals surface area contributed by atoms with Gasteiger partial charge in [0, 0.05) is 0 Å². The molecular formula is C9H6ClNO4. The van der Waals surface area contributed by atoms with Gasteiger partial charge in [0.05, 0.1) is 11.4 Å². The molecule has 0 aliphatic carbocycles. The molecular weight excluding hydrogens is 222 g/mol. The third kappa shape index (κ3) is 1.87. The number of aromatic amines is 1. The van der Waals surface area contributed by atoms with Gasteiger partial charge >= 0.3 is 11.7 Å². The predicted octanol–water partition coefficient (Wildman–Crippen LogP) is 1.40. The van der Waals surface area contributed by atoms with Crippen molar-refractivity contribution in [1.29, 1.82) is 0 Å². The van der Waals surface area contributed by atoms with E-state index in [4.69, 9.17) is 21.1 Å². The summed E-state index contributed by atoms with van der Waals surface area (Å²) >= 11 is 5.84. The smallest absolute Gasteiger partial charge is 0.417 e. The Balaban J connectivity index is 2.61. The van der Waals surface area contributed by atoms with Crippen LogP contribution in [0.25, 0.3) is 11.1 Å². The Bertz CT molecular complexity index is 583. The second kappa shape index (κ2) is 3.43. The van der Waals surface area contributed by atoms with Gasteiger partial charge in [-0.05, 0) is 17.7 Å². The van der Waals surface area contributed by atoms with E-state index in [2.05, 4.69) is 4.98 Å². The summed E-state index contributed by atoms with van der Waals surface area (Å²) in [5.74, 6) is -1.58. The highest BCUT2D eigenvalue weighted by Gasteiger charge is 2.09. The van der Waals surface area contributed by atoms with Gasteiger partial charge in [0.25, 0.3) is 0 Å². The summed E-state index contributed by atoms with van der Waals surface area (Å²) in [4.78, 5) is 23.8. The standard InChI is InChI=1S/C9H6ClNO4/c10-5-1-4(3-7(12)13)2-6-8(5)11-9(14)15-6/h1-2H,3H2,(H,11,14)(H,12,13). The Morgan fingerprint density at radius 1 is 1.53 bits per heavy atom. The Morgan fingerprint density at radius 2 is 2.27 bits per heavy atom. The van der Waals surface area contributed by atoms with Crippen molar-refractivity contribution in [2.75, 3.05) is 0 Å². The molecule has 1 aromatic carbocycles. The van der Waals surface area contributed by atoms with E-state index < -0.39 is 11.7 Å².